The molecule has 2 aliphatic heterocycles. The molecule has 0 unspecified atom stereocenters. The molecule has 4 rings (SSSR count). The van der Waals surface area contributed by atoms with Crippen molar-refractivity contribution in [2.24, 2.45) is 0 Å². The first-order valence-electron chi connectivity index (χ1n) is 11.0. The number of hydrogen-bond acceptors (Lipinski definition) is 3. The number of halogens is 2. The van der Waals surface area contributed by atoms with Gasteiger partial charge in [0.2, 0.25) is 0 Å². The summed E-state index contributed by atoms with van der Waals surface area (Å²) >= 11 is 0. The quantitative estimate of drug-likeness (QED) is 0.485. The Bertz CT molecular complexity index is 1180. The van der Waals surface area contributed by atoms with Gasteiger partial charge in [-0.05, 0) is 68.7 Å². The molecular weight excluding hydrogens is 424 g/mol. The Labute approximate surface area is 192 Å². The van der Waals surface area contributed by atoms with Crippen LogP contribution >= 0.6 is 0 Å². The van der Waals surface area contributed by atoms with Crippen LogP contribution in [0.3, 0.4) is 0 Å². The fourth-order valence-electron chi connectivity index (χ4n) is 4.50. The van der Waals surface area contributed by atoms with Crippen LogP contribution in [-0.4, -0.2) is 28.9 Å². The van der Waals surface area contributed by atoms with Gasteiger partial charge in [-0.3, -0.25) is 9.69 Å². The summed E-state index contributed by atoms with van der Waals surface area (Å²) in [5, 5.41) is 2.53. The molecule has 2 aliphatic rings. The van der Waals surface area contributed by atoms with Crippen molar-refractivity contribution in [2.75, 3.05) is 11.4 Å². The SMILES string of the molecule is CCCN1c2cc(F)c(/C=C3/NC(=O)N(Cc4ccc(F)cc4)C3=O)cc2C(C)=CC1(C)C. The van der Waals surface area contributed by atoms with E-state index >= 15 is 4.39 Å². The first-order valence-corrected chi connectivity index (χ1v) is 11.0. The van der Waals surface area contributed by atoms with Crippen LogP contribution < -0.4 is 10.2 Å². The molecule has 1 fully saturated rings. The lowest BCUT2D eigenvalue weighted by atomic mass is 9.87. The number of imide groups is 1. The van der Waals surface area contributed by atoms with Gasteiger partial charge >= 0.3 is 6.03 Å². The summed E-state index contributed by atoms with van der Waals surface area (Å²) in [4.78, 5) is 28.4. The molecule has 0 aliphatic carbocycles. The fourth-order valence-corrected chi connectivity index (χ4v) is 4.50. The summed E-state index contributed by atoms with van der Waals surface area (Å²) in [5.74, 6) is -1.42. The summed E-state index contributed by atoms with van der Waals surface area (Å²) < 4.78 is 28.3. The van der Waals surface area contributed by atoms with Crippen LogP contribution in [0.25, 0.3) is 11.6 Å². The number of urea groups is 1. The molecule has 7 heteroatoms. The summed E-state index contributed by atoms with van der Waals surface area (Å²) in [6, 6.07) is 8.20. The lowest BCUT2D eigenvalue weighted by Gasteiger charge is -2.43. The number of amides is 3. The number of nitrogens with one attached hydrogen (secondary N) is 1. The largest absolute Gasteiger partial charge is 0.362 e. The third-order valence-corrected chi connectivity index (χ3v) is 6.06. The van der Waals surface area contributed by atoms with E-state index in [1.165, 1.54) is 36.4 Å². The Morgan fingerprint density at radius 1 is 1.09 bits per heavy atom. The van der Waals surface area contributed by atoms with Crippen LogP contribution in [0.5, 0.6) is 0 Å². The van der Waals surface area contributed by atoms with Crippen molar-refractivity contribution in [2.45, 2.75) is 46.2 Å². The average Bonchev–Trinajstić information content (AvgIpc) is 3.00. The van der Waals surface area contributed by atoms with Crippen molar-refractivity contribution in [3.63, 3.8) is 0 Å². The van der Waals surface area contributed by atoms with Crippen LogP contribution in [0, 0.1) is 11.6 Å². The molecule has 2 aromatic carbocycles. The van der Waals surface area contributed by atoms with Gasteiger partial charge in [0.15, 0.2) is 0 Å². The Hall–Kier alpha value is -3.48. The van der Waals surface area contributed by atoms with E-state index in [-0.39, 0.29) is 23.3 Å². The van der Waals surface area contributed by atoms with Gasteiger partial charge < -0.3 is 10.2 Å². The van der Waals surface area contributed by atoms with Crippen LogP contribution in [0.2, 0.25) is 0 Å². The Morgan fingerprint density at radius 3 is 2.45 bits per heavy atom. The van der Waals surface area contributed by atoms with Crippen LogP contribution in [0.1, 0.15) is 50.8 Å². The number of rotatable bonds is 5. The maximum absolute atomic E-state index is 15.2. The number of nitrogens with zero attached hydrogens (tertiary/aromatic N) is 2. The minimum Gasteiger partial charge on any atom is -0.362 e. The molecule has 1 saturated heterocycles. The highest BCUT2D eigenvalue weighted by atomic mass is 19.1. The van der Waals surface area contributed by atoms with E-state index in [1.807, 2.05) is 6.92 Å². The molecule has 5 nitrogen and oxygen atoms in total. The first kappa shape index (κ1) is 22.7. The van der Waals surface area contributed by atoms with Gasteiger partial charge in [0.1, 0.15) is 17.3 Å². The van der Waals surface area contributed by atoms with Crippen molar-refractivity contribution in [3.8, 4) is 0 Å². The van der Waals surface area contributed by atoms with E-state index in [1.54, 1.807) is 6.07 Å². The predicted octanol–water partition coefficient (Wildman–Crippen LogP) is 5.47. The van der Waals surface area contributed by atoms with E-state index in [2.05, 4.69) is 37.1 Å². The smallest absolute Gasteiger partial charge is 0.329 e. The van der Waals surface area contributed by atoms with Gasteiger partial charge in [0, 0.05) is 23.4 Å². The Kier molecular flexibility index (Phi) is 5.82. The number of allylic oxidation sites excluding steroid dienone is 1. The average molecular weight is 452 g/mol. The molecule has 0 spiro atoms. The highest BCUT2D eigenvalue weighted by Crippen LogP contribution is 2.40. The Balaban J connectivity index is 1.66. The summed E-state index contributed by atoms with van der Waals surface area (Å²) in [6.07, 6.45) is 4.46. The molecule has 2 heterocycles. The third kappa shape index (κ3) is 4.27. The molecule has 33 heavy (non-hydrogen) atoms. The highest BCUT2D eigenvalue weighted by molar-refractivity contribution is 6.14. The van der Waals surface area contributed by atoms with Crippen molar-refractivity contribution in [1.82, 2.24) is 10.2 Å². The van der Waals surface area contributed by atoms with Gasteiger partial charge in [0.25, 0.3) is 5.91 Å². The van der Waals surface area contributed by atoms with Crippen molar-refractivity contribution >= 4 is 29.3 Å². The van der Waals surface area contributed by atoms with E-state index in [0.29, 0.717) is 5.56 Å². The summed E-state index contributed by atoms with van der Waals surface area (Å²) in [6.45, 7) is 9.07. The molecule has 0 saturated carbocycles. The molecule has 172 valence electrons. The van der Waals surface area contributed by atoms with Gasteiger partial charge in [-0.15, -0.1) is 0 Å². The normalized spacial score (nSPS) is 18.5. The number of carbonyl (C=O) groups excluding carboxylic acids is 2. The summed E-state index contributed by atoms with van der Waals surface area (Å²) in [7, 11) is 0. The van der Waals surface area contributed by atoms with E-state index in [4.69, 9.17) is 0 Å². The molecule has 2 aromatic rings. The molecule has 0 aromatic heterocycles. The lowest BCUT2D eigenvalue weighted by molar-refractivity contribution is -0.123. The zero-order chi connectivity index (χ0) is 23.9. The number of anilines is 1. The summed E-state index contributed by atoms with van der Waals surface area (Å²) in [5.41, 5.74) is 3.35. The van der Waals surface area contributed by atoms with Crippen molar-refractivity contribution in [1.29, 1.82) is 0 Å². The molecule has 0 radical (unpaired) electrons. The zero-order valence-corrected chi connectivity index (χ0v) is 19.2. The minimum absolute atomic E-state index is 0.00212. The van der Waals surface area contributed by atoms with Crippen molar-refractivity contribution in [3.05, 3.63) is 76.5 Å². The second-order valence-electron chi connectivity index (χ2n) is 9.03. The van der Waals surface area contributed by atoms with E-state index in [9.17, 15) is 14.0 Å². The maximum Gasteiger partial charge on any atom is 0.329 e. The van der Waals surface area contributed by atoms with Gasteiger partial charge in [-0.1, -0.05) is 25.1 Å². The lowest BCUT2D eigenvalue weighted by Crippen LogP contribution is -2.45. The van der Waals surface area contributed by atoms with E-state index in [0.717, 1.165) is 34.7 Å². The highest BCUT2D eigenvalue weighted by Gasteiger charge is 2.35. The van der Waals surface area contributed by atoms with Crippen LogP contribution in [0.15, 0.2) is 48.2 Å². The fraction of sp³-hybridized carbons (Fsp3) is 0.308. The molecule has 0 bridgehead atoms. The zero-order valence-electron chi connectivity index (χ0n) is 19.2. The van der Waals surface area contributed by atoms with Gasteiger partial charge in [0.05, 0.1) is 12.1 Å². The number of fused-ring (bicyclic) bond motifs is 1. The van der Waals surface area contributed by atoms with Gasteiger partial charge in [-0.25, -0.2) is 13.6 Å². The topological polar surface area (TPSA) is 52.7 Å². The molecular formula is C26H27F2N3O2. The third-order valence-electron chi connectivity index (χ3n) is 6.06. The predicted molar refractivity (Wildman–Crippen MR) is 125 cm³/mol. The second-order valence-corrected chi connectivity index (χ2v) is 9.03. The standard InChI is InChI=1S/C26H27F2N3O2/c1-5-10-31-23-13-21(28)18(11-20(23)16(2)14-26(31,3)4)12-22-24(32)30(25(33)29-22)15-17-6-8-19(27)9-7-17/h6-9,11-14H,5,10,15H2,1-4H3,(H,29,33)/b22-12+. The molecule has 3 amide bonds. The van der Waals surface area contributed by atoms with Crippen LogP contribution in [-0.2, 0) is 11.3 Å². The Morgan fingerprint density at radius 2 is 1.79 bits per heavy atom. The van der Waals surface area contributed by atoms with E-state index < -0.39 is 23.6 Å². The number of hydrogen-bond donors (Lipinski definition) is 1. The first-order chi connectivity index (χ1) is 15.6. The van der Waals surface area contributed by atoms with Crippen LogP contribution in [0.4, 0.5) is 19.3 Å². The monoisotopic (exact) mass is 451 g/mol. The molecule has 0 atom stereocenters. The number of benzene rings is 2. The van der Waals surface area contributed by atoms with Crippen molar-refractivity contribution < 1.29 is 18.4 Å². The van der Waals surface area contributed by atoms with Gasteiger partial charge in [-0.2, -0.15) is 0 Å². The maximum atomic E-state index is 15.2. The second kappa shape index (κ2) is 8.46. The number of carbonyl (C=O) groups is 2. The minimum atomic E-state index is -0.596. The molecule has 1 N–H and O–H groups in total.